The van der Waals surface area contributed by atoms with E-state index < -0.39 is 5.60 Å². The van der Waals surface area contributed by atoms with E-state index in [0.29, 0.717) is 12.0 Å². The number of aliphatic hydroxyl groups is 1. The van der Waals surface area contributed by atoms with Crippen molar-refractivity contribution in [3.63, 3.8) is 0 Å². The van der Waals surface area contributed by atoms with Gasteiger partial charge in [-0.25, -0.2) is 4.68 Å². The molecular formula is C18H25N3O2. The highest BCUT2D eigenvalue weighted by Gasteiger charge is 2.26. The molecule has 124 valence electrons. The lowest BCUT2D eigenvalue weighted by Gasteiger charge is -2.27. The van der Waals surface area contributed by atoms with Crippen LogP contribution in [0.5, 0.6) is 0 Å². The van der Waals surface area contributed by atoms with E-state index in [4.69, 9.17) is 0 Å². The van der Waals surface area contributed by atoms with Crippen molar-refractivity contribution in [3.8, 4) is 5.69 Å². The van der Waals surface area contributed by atoms with Gasteiger partial charge in [0.2, 0.25) is 0 Å². The summed E-state index contributed by atoms with van der Waals surface area (Å²) in [5.41, 5.74) is 1.41. The van der Waals surface area contributed by atoms with Gasteiger partial charge in [-0.05, 0) is 31.4 Å². The predicted octanol–water partition coefficient (Wildman–Crippen LogP) is 2.57. The Kier molecular flexibility index (Phi) is 5.21. The molecule has 1 amide bonds. The molecule has 2 aromatic rings. The third kappa shape index (κ3) is 3.79. The second-order valence-electron chi connectivity index (χ2n) is 6.30. The van der Waals surface area contributed by atoms with Crippen LogP contribution >= 0.6 is 0 Å². The van der Waals surface area contributed by atoms with E-state index in [9.17, 15) is 9.90 Å². The van der Waals surface area contributed by atoms with Crippen molar-refractivity contribution in [2.45, 2.75) is 39.7 Å². The van der Waals surface area contributed by atoms with E-state index in [1.54, 1.807) is 17.8 Å². The summed E-state index contributed by atoms with van der Waals surface area (Å²) >= 11 is 0. The number of nitrogens with zero attached hydrogens (tertiary/aromatic N) is 2. The first-order chi connectivity index (χ1) is 10.9. The number of aromatic nitrogens is 2. The molecule has 1 atom stereocenters. The van der Waals surface area contributed by atoms with Crippen molar-refractivity contribution in [2.75, 3.05) is 6.54 Å². The third-order valence-electron chi connectivity index (χ3n) is 4.30. The van der Waals surface area contributed by atoms with Crippen LogP contribution < -0.4 is 5.32 Å². The minimum absolute atomic E-state index is 0.0560. The van der Waals surface area contributed by atoms with Crippen molar-refractivity contribution in [1.82, 2.24) is 15.1 Å². The van der Waals surface area contributed by atoms with Gasteiger partial charge in [-0.15, -0.1) is 0 Å². The number of carbonyl (C=O) groups excluding carboxylic acids is 1. The quantitative estimate of drug-likeness (QED) is 0.861. The Balaban J connectivity index is 2.21. The first-order valence-corrected chi connectivity index (χ1v) is 7.99. The molecule has 1 heterocycles. The van der Waals surface area contributed by atoms with E-state index >= 15 is 0 Å². The highest BCUT2D eigenvalue weighted by atomic mass is 16.3. The number of amides is 1. The molecule has 0 fully saturated rings. The Morgan fingerprint density at radius 1 is 1.35 bits per heavy atom. The minimum Gasteiger partial charge on any atom is -0.388 e. The van der Waals surface area contributed by atoms with Crippen LogP contribution in [0.1, 0.15) is 43.7 Å². The largest absolute Gasteiger partial charge is 0.388 e. The maximum Gasteiger partial charge on any atom is 0.254 e. The Bertz CT molecular complexity index is 660. The molecule has 0 bridgehead atoms. The maximum atomic E-state index is 12.5. The fraction of sp³-hybridized carbons (Fsp3) is 0.444. The molecule has 0 aliphatic carbocycles. The minimum atomic E-state index is -0.933. The monoisotopic (exact) mass is 315 g/mol. The number of carbonyl (C=O) groups is 1. The molecule has 23 heavy (non-hydrogen) atoms. The summed E-state index contributed by atoms with van der Waals surface area (Å²) in [6.07, 6.45) is 2.28. The summed E-state index contributed by atoms with van der Waals surface area (Å²) in [6.45, 7) is 7.79. The second-order valence-corrected chi connectivity index (χ2v) is 6.30. The lowest BCUT2D eigenvalue weighted by Crippen LogP contribution is -2.44. The zero-order chi connectivity index (χ0) is 17.0. The first-order valence-electron chi connectivity index (χ1n) is 7.99. The number of hydrogen-bond donors (Lipinski definition) is 2. The van der Waals surface area contributed by atoms with E-state index in [-0.39, 0.29) is 18.4 Å². The fourth-order valence-electron chi connectivity index (χ4n) is 2.25. The second kappa shape index (κ2) is 6.96. The van der Waals surface area contributed by atoms with Crippen molar-refractivity contribution in [1.29, 1.82) is 0 Å². The van der Waals surface area contributed by atoms with E-state index in [1.165, 1.54) is 0 Å². The Morgan fingerprint density at radius 3 is 2.57 bits per heavy atom. The molecule has 0 aliphatic heterocycles. The van der Waals surface area contributed by atoms with Gasteiger partial charge in [0.25, 0.3) is 5.91 Å². The molecule has 1 aromatic carbocycles. The van der Waals surface area contributed by atoms with Gasteiger partial charge in [0, 0.05) is 6.54 Å². The Hall–Kier alpha value is -2.14. The van der Waals surface area contributed by atoms with Crippen LogP contribution in [0.3, 0.4) is 0 Å². The zero-order valence-electron chi connectivity index (χ0n) is 14.2. The molecule has 0 saturated carbocycles. The topological polar surface area (TPSA) is 67.2 Å². The molecule has 1 unspecified atom stereocenters. The molecule has 0 radical (unpaired) electrons. The number of para-hydroxylation sites is 1. The van der Waals surface area contributed by atoms with Crippen LogP contribution in [0.4, 0.5) is 0 Å². The highest BCUT2D eigenvalue weighted by molar-refractivity contribution is 5.95. The molecule has 0 spiro atoms. The molecule has 5 nitrogen and oxygen atoms in total. The summed E-state index contributed by atoms with van der Waals surface area (Å²) < 4.78 is 1.79. The zero-order valence-corrected chi connectivity index (χ0v) is 14.2. The number of hydrogen-bond acceptors (Lipinski definition) is 3. The number of benzene rings is 1. The van der Waals surface area contributed by atoms with Crippen LogP contribution in [0.2, 0.25) is 0 Å². The SMILES string of the molecule is CCc1c(C(=O)NCC(C)(O)C(C)C)cnn1-c1ccccc1. The van der Waals surface area contributed by atoms with Gasteiger partial charge in [-0.3, -0.25) is 4.79 Å². The summed E-state index contributed by atoms with van der Waals surface area (Å²) in [5, 5.41) is 17.4. The molecule has 2 N–H and O–H groups in total. The lowest BCUT2D eigenvalue weighted by atomic mass is 9.92. The van der Waals surface area contributed by atoms with Crippen molar-refractivity contribution >= 4 is 5.91 Å². The highest BCUT2D eigenvalue weighted by Crippen LogP contribution is 2.17. The van der Waals surface area contributed by atoms with Crippen LogP contribution in [0, 0.1) is 5.92 Å². The summed E-state index contributed by atoms with van der Waals surface area (Å²) in [7, 11) is 0. The maximum absolute atomic E-state index is 12.5. The van der Waals surface area contributed by atoms with Gasteiger partial charge in [-0.2, -0.15) is 5.10 Å². The van der Waals surface area contributed by atoms with Crippen molar-refractivity contribution < 1.29 is 9.90 Å². The van der Waals surface area contributed by atoms with Crippen LogP contribution in [-0.4, -0.2) is 32.9 Å². The van der Waals surface area contributed by atoms with Gasteiger partial charge >= 0.3 is 0 Å². The average Bonchev–Trinajstić information content (AvgIpc) is 2.97. The Labute approximate surface area is 137 Å². The van der Waals surface area contributed by atoms with Gasteiger partial charge in [-0.1, -0.05) is 39.0 Å². The van der Waals surface area contributed by atoms with Gasteiger partial charge in [0.15, 0.2) is 0 Å². The average molecular weight is 315 g/mol. The molecular weight excluding hydrogens is 290 g/mol. The third-order valence-corrected chi connectivity index (χ3v) is 4.30. The smallest absolute Gasteiger partial charge is 0.254 e. The van der Waals surface area contributed by atoms with Crippen molar-refractivity contribution in [2.24, 2.45) is 5.92 Å². The van der Waals surface area contributed by atoms with Crippen LogP contribution in [0.25, 0.3) is 5.69 Å². The van der Waals surface area contributed by atoms with Crippen LogP contribution in [-0.2, 0) is 6.42 Å². The molecule has 2 rings (SSSR count). The fourth-order valence-corrected chi connectivity index (χ4v) is 2.25. The van der Waals surface area contributed by atoms with Crippen LogP contribution in [0.15, 0.2) is 36.5 Å². The lowest BCUT2D eigenvalue weighted by molar-refractivity contribution is 0.0142. The van der Waals surface area contributed by atoms with E-state index in [0.717, 1.165) is 11.4 Å². The summed E-state index contributed by atoms with van der Waals surface area (Å²) in [6, 6.07) is 9.74. The summed E-state index contributed by atoms with van der Waals surface area (Å²) in [4.78, 5) is 12.5. The standard InChI is InChI=1S/C18H25N3O2/c1-5-16-15(17(22)19-12-18(4,23)13(2)3)11-20-21(16)14-9-7-6-8-10-14/h6-11,13,23H,5,12H2,1-4H3,(H,19,22). The first kappa shape index (κ1) is 17.2. The van der Waals surface area contributed by atoms with Gasteiger partial charge in [0.1, 0.15) is 0 Å². The molecule has 0 aliphatic rings. The molecule has 5 heteroatoms. The number of rotatable bonds is 6. The normalized spacial score (nSPS) is 13.8. The van der Waals surface area contributed by atoms with Gasteiger partial charge < -0.3 is 10.4 Å². The van der Waals surface area contributed by atoms with Gasteiger partial charge in [0.05, 0.1) is 28.7 Å². The molecule has 0 saturated heterocycles. The van der Waals surface area contributed by atoms with Crippen molar-refractivity contribution in [3.05, 3.63) is 47.8 Å². The van der Waals surface area contributed by atoms with E-state index in [1.807, 2.05) is 51.1 Å². The number of nitrogens with one attached hydrogen (secondary N) is 1. The summed E-state index contributed by atoms with van der Waals surface area (Å²) in [5.74, 6) is -0.148. The Morgan fingerprint density at radius 2 is 2.00 bits per heavy atom. The predicted molar refractivity (Wildman–Crippen MR) is 90.7 cm³/mol. The van der Waals surface area contributed by atoms with E-state index in [2.05, 4.69) is 10.4 Å². The molecule has 1 aromatic heterocycles.